The number of carbonyl (C=O) groups excluding carboxylic acids is 3. The molecule has 9 nitrogen and oxygen atoms in total. The van der Waals surface area contributed by atoms with Gasteiger partial charge in [0.2, 0.25) is 0 Å². The molecule has 2 atom stereocenters. The van der Waals surface area contributed by atoms with Gasteiger partial charge in [0.05, 0.1) is 40.3 Å². The number of ether oxygens (including phenoxy) is 4. The topological polar surface area (TPSA) is 111 Å². The Morgan fingerprint density at radius 3 is 1.14 bits per heavy atom. The first-order valence-corrected chi connectivity index (χ1v) is 29.8. The lowest BCUT2D eigenvalue weighted by molar-refractivity contribution is -0.870. The molecule has 0 amide bonds. The van der Waals surface area contributed by atoms with Gasteiger partial charge in [-0.15, -0.1) is 0 Å². The number of allylic oxidation sites excluding steroid dienone is 8. The Morgan fingerprint density at radius 1 is 0.423 bits per heavy atom. The van der Waals surface area contributed by atoms with Gasteiger partial charge in [0.15, 0.2) is 12.4 Å². The largest absolute Gasteiger partial charge is 0.545 e. The van der Waals surface area contributed by atoms with E-state index in [0.29, 0.717) is 17.4 Å². The molecule has 0 heterocycles. The SMILES string of the molecule is CCCCCCC/C=C\C/C=C\C/C=C\CCCCCCCCCCCCCCCCC(=O)OC(COC(=O)CCCCCCCCC/C=C\CCCCCCCC)COC(OCC[N+](C)(C)C)C(=O)[O-]. The number of esters is 2. The van der Waals surface area contributed by atoms with Crippen molar-refractivity contribution in [1.82, 2.24) is 0 Å². The molecule has 71 heavy (non-hydrogen) atoms. The first kappa shape index (κ1) is 68.2. The molecule has 0 fully saturated rings. The molecule has 0 aromatic carbocycles. The maximum Gasteiger partial charge on any atom is 0.306 e. The number of unbranched alkanes of at least 4 members (excludes halogenated alkanes) is 32. The summed E-state index contributed by atoms with van der Waals surface area (Å²) >= 11 is 0. The summed E-state index contributed by atoms with van der Waals surface area (Å²) in [5.74, 6) is -2.28. The van der Waals surface area contributed by atoms with Crippen LogP contribution in [0, 0.1) is 0 Å². The molecule has 0 radical (unpaired) electrons. The highest BCUT2D eigenvalue weighted by Crippen LogP contribution is 2.16. The first-order valence-electron chi connectivity index (χ1n) is 29.8. The van der Waals surface area contributed by atoms with Gasteiger partial charge in [-0.05, 0) is 77.0 Å². The summed E-state index contributed by atoms with van der Waals surface area (Å²) in [5.41, 5.74) is 0. The third-order valence-electron chi connectivity index (χ3n) is 13.0. The van der Waals surface area contributed by atoms with Crippen LogP contribution < -0.4 is 5.11 Å². The smallest absolute Gasteiger partial charge is 0.306 e. The van der Waals surface area contributed by atoms with Gasteiger partial charge in [-0.3, -0.25) is 9.59 Å². The number of hydrogen-bond donors (Lipinski definition) is 0. The molecule has 0 aromatic rings. The normalized spacial score (nSPS) is 13.1. The predicted molar refractivity (Wildman–Crippen MR) is 297 cm³/mol. The van der Waals surface area contributed by atoms with Gasteiger partial charge in [0.25, 0.3) is 0 Å². The molecular formula is C62H113NO8. The van der Waals surface area contributed by atoms with E-state index in [4.69, 9.17) is 18.9 Å². The van der Waals surface area contributed by atoms with E-state index in [0.717, 1.165) is 51.4 Å². The van der Waals surface area contributed by atoms with E-state index in [1.54, 1.807) is 0 Å². The number of carboxylic acids is 1. The van der Waals surface area contributed by atoms with Crippen LogP contribution in [0.1, 0.15) is 271 Å². The summed E-state index contributed by atoms with van der Waals surface area (Å²) < 4.78 is 22.7. The van der Waals surface area contributed by atoms with E-state index in [1.165, 1.54) is 186 Å². The Labute approximate surface area is 438 Å². The minimum Gasteiger partial charge on any atom is -0.545 e. The Morgan fingerprint density at radius 2 is 0.761 bits per heavy atom. The van der Waals surface area contributed by atoms with Crippen molar-refractivity contribution in [3.8, 4) is 0 Å². The summed E-state index contributed by atoms with van der Waals surface area (Å²) in [6, 6.07) is 0. The highest BCUT2D eigenvalue weighted by atomic mass is 16.7. The van der Waals surface area contributed by atoms with Crippen LogP contribution in [0.15, 0.2) is 48.6 Å². The third kappa shape index (κ3) is 54.9. The number of carbonyl (C=O) groups is 3. The fraction of sp³-hybridized carbons (Fsp3) is 0.823. The van der Waals surface area contributed by atoms with E-state index < -0.39 is 24.3 Å². The van der Waals surface area contributed by atoms with Crippen LogP contribution in [-0.2, 0) is 33.3 Å². The van der Waals surface area contributed by atoms with E-state index in [9.17, 15) is 19.5 Å². The molecule has 0 saturated carbocycles. The zero-order chi connectivity index (χ0) is 52.0. The molecule has 0 N–H and O–H groups in total. The maximum absolute atomic E-state index is 12.9. The third-order valence-corrected chi connectivity index (χ3v) is 13.0. The molecule has 0 spiro atoms. The van der Waals surface area contributed by atoms with Crippen molar-refractivity contribution in [3.05, 3.63) is 48.6 Å². The van der Waals surface area contributed by atoms with Crippen LogP contribution in [0.5, 0.6) is 0 Å². The van der Waals surface area contributed by atoms with Crippen molar-refractivity contribution in [2.75, 3.05) is 47.5 Å². The maximum atomic E-state index is 12.9. The number of quaternary nitrogens is 1. The molecular weight excluding hydrogens is 887 g/mol. The number of aliphatic carboxylic acids is 1. The van der Waals surface area contributed by atoms with E-state index in [1.807, 2.05) is 21.1 Å². The zero-order valence-electron chi connectivity index (χ0n) is 47.1. The highest BCUT2D eigenvalue weighted by molar-refractivity contribution is 5.70. The average Bonchev–Trinajstić information content (AvgIpc) is 3.34. The number of nitrogens with zero attached hydrogens (tertiary/aromatic N) is 1. The van der Waals surface area contributed by atoms with Crippen molar-refractivity contribution < 1.29 is 42.9 Å². The Kier molecular flexibility index (Phi) is 51.5. The number of carboxylic acid groups (broad SMARTS) is 1. The molecule has 2 unspecified atom stereocenters. The van der Waals surface area contributed by atoms with Gasteiger partial charge in [0.1, 0.15) is 13.2 Å². The van der Waals surface area contributed by atoms with Crippen LogP contribution >= 0.6 is 0 Å². The van der Waals surface area contributed by atoms with E-state index in [2.05, 4.69) is 62.5 Å². The predicted octanol–water partition coefficient (Wildman–Crippen LogP) is 16.1. The summed E-state index contributed by atoms with van der Waals surface area (Å²) in [4.78, 5) is 37.3. The summed E-state index contributed by atoms with van der Waals surface area (Å²) in [6.07, 6.45) is 63.0. The van der Waals surface area contributed by atoms with Crippen LogP contribution in [0.4, 0.5) is 0 Å². The van der Waals surface area contributed by atoms with Crippen molar-refractivity contribution in [2.24, 2.45) is 0 Å². The lowest BCUT2D eigenvalue weighted by Crippen LogP contribution is -2.44. The van der Waals surface area contributed by atoms with E-state index in [-0.39, 0.29) is 38.6 Å². The minimum atomic E-state index is -1.62. The van der Waals surface area contributed by atoms with Gasteiger partial charge in [-0.25, -0.2) is 0 Å². The molecule has 414 valence electrons. The second-order valence-corrected chi connectivity index (χ2v) is 21.3. The van der Waals surface area contributed by atoms with Gasteiger partial charge in [0, 0.05) is 12.8 Å². The van der Waals surface area contributed by atoms with Gasteiger partial charge >= 0.3 is 11.9 Å². The lowest BCUT2D eigenvalue weighted by atomic mass is 10.0. The molecule has 0 saturated heterocycles. The van der Waals surface area contributed by atoms with Gasteiger partial charge < -0.3 is 33.3 Å². The molecule has 0 aromatic heterocycles. The monoisotopic (exact) mass is 1000 g/mol. The summed E-state index contributed by atoms with van der Waals surface area (Å²) in [5, 5.41) is 11.8. The Balaban J connectivity index is 4.18. The molecule has 9 heteroatoms. The fourth-order valence-corrected chi connectivity index (χ4v) is 8.42. The quantitative estimate of drug-likeness (QED) is 0.0195. The van der Waals surface area contributed by atoms with Crippen LogP contribution in [-0.4, -0.2) is 82.3 Å². The second kappa shape index (κ2) is 53.5. The standard InChI is InChI=1S/C62H113NO8/c1-6-8-10-12-14-16-18-20-22-24-25-26-27-28-29-30-31-32-33-34-35-37-39-41-43-45-47-49-51-53-60(65)71-58(57-70-62(61(66)67)68-55-54-63(3,4)5)56-69-59(64)52-50-48-46-44-42-40-38-36-23-21-19-17-15-13-11-9-7-2/h18,20-21,23-25,27-28,58,62H,6-17,19,22,26,29-57H2,1-5H3/b20-18-,23-21-,25-24-,28-27-. The zero-order valence-corrected chi connectivity index (χ0v) is 47.1. The van der Waals surface area contributed by atoms with E-state index >= 15 is 0 Å². The highest BCUT2D eigenvalue weighted by Gasteiger charge is 2.22. The van der Waals surface area contributed by atoms with Crippen LogP contribution in [0.2, 0.25) is 0 Å². The van der Waals surface area contributed by atoms with Crippen LogP contribution in [0.25, 0.3) is 0 Å². The summed E-state index contributed by atoms with van der Waals surface area (Å²) in [7, 11) is 5.92. The number of likely N-dealkylation sites (N-methyl/N-ethyl adjacent to an activating group) is 1. The fourth-order valence-electron chi connectivity index (χ4n) is 8.42. The molecule has 0 rings (SSSR count). The van der Waals surface area contributed by atoms with Gasteiger partial charge in [-0.2, -0.15) is 0 Å². The second-order valence-electron chi connectivity index (χ2n) is 21.3. The Hall–Kier alpha value is -2.75. The first-order chi connectivity index (χ1) is 34.6. The van der Waals surface area contributed by atoms with Crippen molar-refractivity contribution in [2.45, 2.75) is 283 Å². The minimum absolute atomic E-state index is 0.147. The molecule has 0 bridgehead atoms. The van der Waals surface area contributed by atoms with Crippen molar-refractivity contribution >= 4 is 17.9 Å². The summed E-state index contributed by atoms with van der Waals surface area (Å²) in [6.45, 7) is 4.75. The number of hydrogen-bond acceptors (Lipinski definition) is 8. The van der Waals surface area contributed by atoms with Gasteiger partial charge in [-0.1, -0.05) is 229 Å². The van der Waals surface area contributed by atoms with Crippen molar-refractivity contribution in [3.63, 3.8) is 0 Å². The lowest BCUT2D eigenvalue weighted by Gasteiger charge is -2.26. The Bertz CT molecular complexity index is 1300. The van der Waals surface area contributed by atoms with Crippen LogP contribution in [0.3, 0.4) is 0 Å². The molecule has 0 aliphatic heterocycles. The van der Waals surface area contributed by atoms with Crippen molar-refractivity contribution in [1.29, 1.82) is 0 Å². The molecule has 0 aliphatic carbocycles. The average molecular weight is 1000 g/mol. The number of rotatable bonds is 55. The molecule has 0 aliphatic rings.